The van der Waals surface area contributed by atoms with Crippen molar-refractivity contribution in [3.63, 3.8) is 0 Å². The van der Waals surface area contributed by atoms with Crippen LogP contribution in [0, 0.1) is 6.92 Å². The summed E-state index contributed by atoms with van der Waals surface area (Å²) in [5.41, 5.74) is 0.596. The summed E-state index contributed by atoms with van der Waals surface area (Å²) >= 11 is 0. The molecule has 2 heterocycles. The van der Waals surface area contributed by atoms with Crippen LogP contribution in [0.1, 0.15) is 19.0 Å². The van der Waals surface area contributed by atoms with E-state index in [1.807, 2.05) is 6.92 Å². The number of hydrogen-bond acceptors (Lipinski definition) is 6. The second kappa shape index (κ2) is 5.91. The maximum Gasteiger partial charge on any atom is 0.267 e. The van der Waals surface area contributed by atoms with Crippen molar-refractivity contribution in [1.29, 1.82) is 0 Å². The fourth-order valence-electron chi connectivity index (χ4n) is 1.58. The van der Waals surface area contributed by atoms with Crippen molar-refractivity contribution in [3.05, 3.63) is 30.1 Å². The van der Waals surface area contributed by atoms with Gasteiger partial charge in [0.2, 0.25) is 5.88 Å². The lowest BCUT2D eigenvalue weighted by molar-refractivity contribution is 0.430. The maximum atomic E-state index is 12.3. The molecule has 0 spiro atoms. The molecule has 0 aliphatic rings. The van der Waals surface area contributed by atoms with Gasteiger partial charge in [-0.25, -0.2) is 18.1 Å². The smallest absolute Gasteiger partial charge is 0.267 e. The average Bonchev–Trinajstić information content (AvgIpc) is 2.81. The first-order chi connectivity index (χ1) is 9.53. The molecule has 2 aromatic heterocycles. The van der Waals surface area contributed by atoms with E-state index >= 15 is 0 Å². The van der Waals surface area contributed by atoms with Gasteiger partial charge in [-0.2, -0.15) is 0 Å². The van der Waals surface area contributed by atoms with Gasteiger partial charge in [-0.15, -0.1) is 0 Å². The minimum atomic E-state index is -3.77. The molecular formula is C12H16N4O3S. The lowest BCUT2D eigenvalue weighted by atomic mass is 10.4. The molecule has 0 aromatic carbocycles. The van der Waals surface area contributed by atoms with Crippen molar-refractivity contribution < 1.29 is 12.9 Å². The zero-order valence-electron chi connectivity index (χ0n) is 11.3. The first-order valence-corrected chi connectivity index (χ1v) is 7.66. The van der Waals surface area contributed by atoms with Gasteiger partial charge in [0.15, 0.2) is 0 Å². The quantitative estimate of drug-likeness (QED) is 0.846. The molecule has 108 valence electrons. The van der Waals surface area contributed by atoms with Gasteiger partial charge in [0.1, 0.15) is 10.7 Å². The third-order valence-corrected chi connectivity index (χ3v) is 3.84. The standard InChI is InChI=1S/C12H16N4O3S/c1-3-6-13-12-10(5-4-7-14-12)20(17,18)16-11-8-9(2)15-19-11/h4-5,7-8,16H,3,6H2,1-2H3,(H,13,14). The number of pyridine rings is 1. The fourth-order valence-corrected chi connectivity index (χ4v) is 2.69. The molecule has 0 fully saturated rings. The number of aryl methyl sites for hydroxylation is 1. The zero-order chi connectivity index (χ0) is 14.6. The van der Waals surface area contributed by atoms with E-state index < -0.39 is 10.0 Å². The second-order valence-corrected chi connectivity index (χ2v) is 5.87. The Morgan fingerprint density at radius 1 is 1.40 bits per heavy atom. The molecule has 0 aliphatic heterocycles. The van der Waals surface area contributed by atoms with E-state index in [9.17, 15) is 8.42 Å². The Labute approximate surface area is 117 Å². The monoisotopic (exact) mass is 296 g/mol. The van der Waals surface area contributed by atoms with Crippen LogP contribution in [-0.2, 0) is 10.0 Å². The van der Waals surface area contributed by atoms with Crippen LogP contribution in [0.15, 0.2) is 33.8 Å². The lowest BCUT2D eigenvalue weighted by Crippen LogP contribution is -2.16. The third-order valence-electron chi connectivity index (χ3n) is 2.47. The summed E-state index contributed by atoms with van der Waals surface area (Å²) in [5.74, 6) is 0.394. The van der Waals surface area contributed by atoms with Crippen LogP contribution in [0.25, 0.3) is 0 Å². The van der Waals surface area contributed by atoms with E-state index in [-0.39, 0.29) is 10.8 Å². The molecule has 20 heavy (non-hydrogen) atoms. The highest BCUT2D eigenvalue weighted by atomic mass is 32.2. The average molecular weight is 296 g/mol. The van der Waals surface area contributed by atoms with Gasteiger partial charge < -0.3 is 9.84 Å². The molecule has 0 atom stereocenters. The Bertz CT molecular complexity index is 682. The van der Waals surface area contributed by atoms with Crippen LogP contribution < -0.4 is 10.0 Å². The van der Waals surface area contributed by atoms with Crippen molar-refractivity contribution in [2.24, 2.45) is 0 Å². The van der Waals surface area contributed by atoms with Crippen molar-refractivity contribution in [3.8, 4) is 0 Å². The number of anilines is 2. The maximum absolute atomic E-state index is 12.3. The van der Waals surface area contributed by atoms with Crippen LogP contribution in [0.2, 0.25) is 0 Å². The molecule has 2 N–H and O–H groups in total. The first-order valence-electron chi connectivity index (χ1n) is 6.18. The number of nitrogens with zero attached hydrogens (tertiary/aromatic N) is 2. The molecule has 0 saturated carbocycles. The summed E-state index contributed by atoms with van der Waals surface area (Å²) in [5, 5.41) is 6.62. The molecule has 8 heteroatoms. The van der Waals surface area contributed by atoms with Crippen LogP contribution in [0.4, 0.5) is 11.7 Å². The van der Waals surface area contributed by atoms with Crippen LogP contribution in [-0.4, -0.2) is 25.1 Å². The summed E-state index contributed by atoms with van der Waals surface area (Å²) in [6, 6.07) is 4.56. The largest absolute Gasteiger partial charge is 0.369 e. The molecule has 0 amide bonds. The highest BCUT2D eigenvalue weighted by Gasteiger charge is 2.21. The minimum Gasteiger partial charge on any atom is -0.369 e. The Morgan fingerprint density at radius 2 is 2.20 bits per heavy atom. The predicted molar refractivity (Wildman–Crippen MR) is 75.1 cm³/mol. The van der Waals surface area contributed by atoms with Gasteiger partial charge in [-0.3, -0.25) is 0 Å². The van der Waals surface area contributed by atoms with E-state index in [4.69, 9.17) is 4.52 Å². The Morgan fingerprint density at radius 3 is 2.85 bits per heavy atom. The summed E-state index contributed by atoms with van der Waals surface area (Å²) < 4.78 is 31.8. The lowest BCUT2D eigenvalue weighted by Gasteiger charge is -2.10. The number of nitrogens with one attached hydrogen (secondary N) is 2. The highest BCUT2D eigenvalue weighted by Crippen LogP contribution is 2.21. The van der Waals surface area contributed by atoms with Crippen molar-refractivity contribution >= 4 is 21.7 Å². The molecule has 2 aromatic rings. The van der Waals surface area contributed by atoms with Gasteiger partial charge in [0.05, 0.1) is 5.69 Å². The van der Waals surface area contributed by atoms with Crippen LogP contribution in [0.5, 0.6) is 0 Å². The number of hydrogen-bond donors (Lipinski definition) is 2. The normalized spacial score (nSPS) is 11.3. The summed E-state index contributed by atoms with van der Waals surface area (Å²) in [7, 11) is -3.77. The van der Waals surface area contributed by atoms with Gasteiger partial charge in [-0.05, 0) is 25.5 Å². The van der Waals surface area contributed by atoms with Crippen molar-refractivity contribution in [1.82, 2.24) is 10.1 Å². The van der Waals surface area contributed by atoms with Crippen molar-refractivity contribution in [2.45, 2.75) is 25.2 Å². The third kappa shape index (κ3) is 3.27. The second-order valence-electron chi connectivity index (χ2n) is 4.21. The van der Waals surface area contributed by atoms with Crippen LogP contribution >= 0.6 is 0 Å². The summed E-state index contributed by atoms with van der Waals surface area (Å²) in [4.78, 5) is 4.12. The highest BCUT2D eigenvalue weighted by molar-refractivity contribution is 7.92. The van der Waals surface area contributed by atoms with E-state index in [0.29, 0.717) is 18.1 Å². The Kier molecular flexibility index (Phi) is 4.23. The SMILES string of the molecule is CCCNc1ncccc1S(=O)(=O)Nc1cc(C)no1. The zero-order valence-corrected chi connectivity index (χ0v) is 12.1. The van der Waals surface area contributed by atoms with Crippen molar-refractivity contribution in [2.75, 3.05) is 16.6 Å². The Hall–Kier alpha value is -2.09. The van der Waals surface area contributed by atoms with E-state index in [1.54, 1.807) is 13.0 Å². The predicted octanol–water partition coefficient (Wildman–Crippen LogP) is 2.00. The number of sulfonamides is 1. The minimum absolute atomic E-state index is 0.0718. The number of rotatable bonds is 6. The molecule has 2 rings (SSSR count). The molecular weight excluding hydrogens is 280 g/mol. The molecule has 0 saturated heterocycles. The van der Waals surface area contributed by atoms with E-state index in [2.05, 4.69) is 20.2 Å². The van der Waals surface area contributed by atoms with Crippen LogP contribution in [0.3, 0.4) is 0 Å². The Balaban J connectivity index is 2.29. The number of aromatic nitrogens is 2. The fraction of sp³-hybridized carbons (Fsp3) is 0.333. The van der Waals surface area contributed by atoms with Gasteiger partial charge in [-0.1, -0.05) is 12.1 Å². The van der Waals surface area contributed by atoms with Gasteiger partial charge in [0, 0.05) is 18.8 Å². The molecule has 0 unspecified atom stereocenters. The van der Waals surface area contributed by atoms with E-state index in [1.165, 1.54) is 18.3 Å². The van der Waals surface area contributed by atoms with Gasteiger partial charge >= 0.3 is 0 Å². The van der Waals surface area contributed by atoms with E-state index in [0.717, 1.165) is 6.42 Å². The molecule has 0 radical (unpaired) electrons. The summed E-state index contributed by atoms with van der Waals surface area (Å²) in [6.45, 7) is 4.33. The summed E-state index contributed by atoms with van der Waals surface area (Å²) in [6.07, 6.45) is 2.40. The molecule has 0 bridgehead atoms. The molecule has 7 nitrogen and oxygen atoms in total. The topological polar surface area (TPSA) is 97.1 Å². The molecule has 0 aliphatic carbocycles. The van der Waals surface area contributed by atoms with Gasteiger partial charge in [0.25, 0.3) is 10.0 Å². The first kappa shape index (κ1) is 14.3.